The SMILES string of the molecule is NC(=O)c1ccccc1-c1cc2c3c(c1)[C@@H]1CNCC[C@@H]1N3CCCS2. The number of hydrogen-bond donors (Lipinski definition) is 2. The Kier molecular flexibility index (Phi) is 3.94. The molecule has 0 radical (unpaired) electrons. The molecule has 2 atom stereocenters. The third kappa shape index (κ3) is 2.45. The molecule has 2 aromatic rings. The Bertz CT molecular complexity index is 882. The summed E-state index contributed by atoms with van der Waals surface area (Å²) >= 11 is 1.96. The molecular formula is C21H23N3OS. The molecule has 1 amide bonds. The summed E-state index contributed by atoms with van der Waals surface area (Å²) in [5.41, 5.74) is 11.2. The van der Waals surface area contributed by atoms with Gasteiger partial charge in [0.15, 0.2) is 0 Å². The van der Waals surface area contributed by atoms with E-state index in [0.29, 0.717) is 17.5 Å². The highest BCUT2D eigenvalue weighted by Crippen LogP contribution is 2.51. The molecule has 5 heteroatoms. The van der Waals surface area contributed by atoms with Gasteiger partial charge in [0, 0.05) is 35.5 Å². The van der Waals surface area contributed by atoms with E-state index in [0.717, 1.165) is 36.5 Å². The van der Waals surface area contributed by atoms with Crippen LogP contribution in [-0.2, 0) is 0 Å². The molecule has 0 aromatic heterocycles. The topological polar surface area (TPSA) is 58.4 Å². The van der Waals surface area contributed by atoms with Gasteiger partial charge in [-0.05, 0) is 60.0 Å². The first-order valence-corrected chi connectivity index (χ1v) is 10.4. The Morgan fingerprint density at radius 3 is 3.04 bits per heavy atom. The van der Waals surface area contributed by atoms with E-state index >= 15 is 0 Å². The van der Waals surface area contributed by atoms with Gasteiger partial charge in [-0.1, -0.05) is 18.2 Å². The van der Waals surface area contributed by atoms with Gasteiger partial charge in [0.25, 0.3) is 0 Å². The second-order valence-electron chi connectivity index (χ2n) is 7.38. The van der Waals surface area contributed by atoms with Crippen molar-refractivity contribution in [2.24, 2.45) is 5.73 Å². The van der Waals surface area contributed by atoms with Crippen LogP contribution in [-0.4, -0.2) is 37.3 Å². The number of nitrogens with zero attached hydrogens (tertiary/aromatic N) is 1. The summed E-state index contributed by atoms with van der Waals surface area (Å²) in [5, 5.41) is 3.58. The van der Waals surface area contributed by atoms with Crippen LogP contribution in [0.3, 0.4) is 0 Å². The fraction of sp³-hybridized carbons (Fsp3) is 0.381. The third-order valence-corrected chi connectivity index (χ3v) is 7.06. The number of rotatable bonds is 2. The standard InChI is InChI=1S/C21H23N3OS/c22-21(25)15-5-2-1-4-14(15)13-10-16-17-12-23-7-6-18(17)24-8-3-9-26-19(11-13)20(16)24/h1-2,4-5,10-11,17-18,23H,3,6-9,12H2,(H2,22,25)/t17-,18-/m0/s1. The first kappa shape index (κ1) is 16.2. The van der Waals surface area contributed by atoms with Crippen LogP contribution in [0.25, 0.3) is 11.1 Å². The molecule has 0 aliphatic carbocycles. The van der Waals surface area contributed by atoms with Crippen molar-refractivity contribution in [3.05, 3.63) is 47.5 Å². The molecule has 0 spiro atoms. The second-order valence-corrected chi connectivity index (χ2v) is 8.52. The van der Waals surface area contributed by atoms with Gasteiger partial charge in [-0.3, -0.25) is 4.79 Å². The molecule has 3 N–H and O–H groups in total. The van der Waals surface area contributed by atoms with E-state index in [2.05, 4.69) is 22.3 Å². The fourth-order valence-electron chi connectivity index (χ4n) is 4.83. The number of fused-ring (bicyclic) bond motifs is 3. The first-order valence-electron chi connectivity index (χ1n) is 9.41. The number of carbonyl (C=O) groups excluding carboxylic acids is 1. The summed E-state index contributed by atoms with van der Waals surface area (Å²) in [4.78, 5) is 16.0. The van der Waals surface area contributed by atoms with Crippen molar-refractivity contribution in [1.29, 1.82) is 0 Å². The lowest BCUT2D eigenvalue weighted by atomic mass is 9.88. The van der Waals surface area contributed by atoms with Crippen molar-refractivity contribution < 1.29 is 4.79 Å². The van der Waals surface area contributed by atoms with Crippen LogP contribution in [0.1, 0.15) is 34.7 Å². The van der Waals surface area contributed by atoms with Crippen molar-refractivity contribution >= 4 is 23.4 Å². The predicted octanol–water partition coefficient (Wildman–Crippen LogP) is 3.21. The van der Waals surface area contributed by atoms with Crippen LogP contribution in [0.5, 0.6) is 0 Å². The van der Waals surface area contributed by atoms with E-state index < -0.39 is 0 Å². The van der Waals surface area contributed by atoms with Crippen LogP contribution in [0, 0.1) is 0 Å². The van der Waals surface area contributed by atoms with E-state index in [9.17, 15) is 4.79 Å². The monoisotopic (exact) mass is 365 g/mol. The largest absolute Gasteiger partial charge is 0.367 e. The zero-order valence-corrected chi connectivity index (χ0v) is 15.5. The van der Waals surface area contributed by atoms with Crippen molar-refractivity contribution in [3.8, 4) is 11.1 Å². The number of thioether (sulfide) groups is 1. The number of nitrogens with two attached hydrogens (primary N) is 1. The van der Waals surface area contributed by atoms with E-state index in [1.165, 1.54) is 29.0 Å². The van der Waals surface area contributed by atoms with Gasteiger partial charge in [0.1, 0.15) is 0 Å². The Balaban J connectivity index is 1.70. The van der Waals surface area contributed by atoms with Gasteiger partial charge in [-0.2, -0.15) is 0 Å². The number of amides is 1. The van der Waals surface area contributed by atoms with Crippen molar-refractivity contribution in [2.75, 3.05) is 30.3 Å². The molecule has 0 unspecified atom stereocenters. The number of carbonyl (C=O) groups is 1. The summed E-state index contributed by atoms with van der Waals surface area (Å²) in [6.45, 7) is 3.30. The van der Waals surface area contributed by atoms with Gasteiger partial charge in [-0.15, -0.1) is 11.8 Å². The van der Waals surface area contributed by atoms with E-state index in [4.69, 9.17) is 5.73 Å². The molecule has 3 aliphatic heterocycles. The second kappa shape index (κ2) is 6.32. The Morgan fingerprint density at radius 1 is 1.27 bits per heavy atom. The van der Waals surface area contributed by atoms with Crippen molar-refractivity contribution in [1.82, 2.24) is 5.32 Å². The average Bonchev–Trinajstić information content (AvgIpc) is 2.83. The summed E-state index contributed by atoms with van der Waals surface area (Å²) in [6.07, 6.45) is 2.43. The minimum Gasteiger partial charge on any atom is -0.367 e. The summed E-state index contributed by atoms with van der Waals surface area (Å²) < 4.78 is 0. The highest BCUT2D eigenvalue weighted by Gasteiger charge is 2.42. The maximum atomic E-state index is 11.9. The number of anilines is 1. The Hall–Kier alpha value is -1.98. The molecular weight excluding hydrogens is 342 g/mol. The molecule has 1 saturated heterocycles. The fourth-order valence-corrected chi connectivity index (χ4v) is 5.91. The minimum atomic E-state index is -0.363. The molecule has 0 saturated carbocycles. The quantitative estimate of drug-likeness (QED) is 0.858. The van der Waals surface area contributed by atoms with E-state index in [-0.39, 0.29) is 5.91 Å². The number of piperidine rings is 1. The molecule has 3 aliphatic rings. The molecule has 1 fully saturated rings. The molecule has 4 nitrogen and oxygen atoms in total. The van der Waals surface area contributed by atoms with Gasteiger partial charge in [-0.25, -0.2) is 0 Å². The van der Waals surface area contributed by atoms with Crippen LogP contribution in [0.4, 0.5) is 5.69 Å². The Morgan fingerprint density at radius 2 is 2.15 bits per heavy atom. The third-order valence-electron chi connectivity index (χ3n) is 5.94. The van der Waals surface area contributed by atoms with Crippen LogP contribution < -0.4 is 16.0 Å². The predicted molar refractivity (Wildman–Crippen MR) is 107 cm³/mol. The number of benzene rings is 2. The highest BCUT2D eigenvalue weighted by atomic mass is 32.2. The lowest BCUT2D eigenvalue weighted by Gasteiger charge is -2.33. The normalized spacial score (nSPS) is 23.9. The lowest BCUT2D eigenvalue weighted by Crippen LogP contribution is -2.44. The van der Waals surface area contributed by atoms with Crippen LogP contribution in [0.2, 0.25) is 0 Å². The zero-order valence-electron chi connectivity index (χ0n) is 14.7. The maximum Gasteiger partial charge on any atom is 0.249 e. The number of hydrogen-bond acceptors (Lipinski definition) is 4. The highest BCUT2D eigenvalue weighted by molar-refractivity contribution is 7.99. The molecule has 2 aromatic carbocycles. The van der Waals surface area contributed by atoms with Crippen LogP contribution >= 0.6 is 11.8 Å². The maximum absolute atomic E-state index is 11.9. The molecule has 0 bridgehead atoms. The van der Waals surface area contributed by atoms with Crippen LogP contribution in [0.15, 0.2) is 41.3 Å². The smallest absolute Gasteiger partial charge is 0.249 e. The molecule has 5 rings (SSSR count). The first-order chi connectivity index (χ1) is 12.7. The van der Waals surface area contributed by atoms with Gasteiger partial charge in [0.2, 0.25) is 5.91 Å². The van der Waals surface area contributed by atoms with Crippen molar-refractivity contribution in [3.63, 3.8) is 0 Å². The van der Waals surface area contributed by atoms with Crippen molar-refractivity contribution in [2.45, 2.75) is 29.7 Å². The average molecular weight is 366 g/mol. The van der Waals surface area contributed by atoms with E-state index in [1.54, 1.807) is 0 Å². The molecule has 26 heavy (non-hydrogen) atoms. The summed E-state index contributed by atoms with van der Waals surface area (Å²) in [5.74, 6) is 1.33. The van der Waals surface area contributed by atoms with Gasteiger partial charge in [0.05, 0.1) is 5.69 Å². The number of primary amides is 1. The summed E-state index contributed by atoms with van der Waals surface area (Å²) in [7, 11) is 0. The molecule has 134 valence electrons. The zero-order chi connectivity index (χ0) is 17.7. The minimum absolute atomic E-state index is 0.363. The molecule has 3 heterocycles. The van der Waals surface area contributed by atoms with Gasteiger partial charge < -0.3 is 16.0 Å². The summed E-state index contributed by atoms with van der Waals surface area (Å²) in [6, 6.07) is 12.9. The lowest BCUT2D eigenvalue weighted by molar-refractivity contribution is 0.100. The van der Waals surface area contributed by atoms with Gasteiger partial charge >= 0.3 is 0 Å². The Labute approximate surface area is 158 Å². The van der Waals surface area contributed by atoms with E-state index in [1.807, 2.05) is 36.0 Å². The number of nitrogens with one attached hydrogen (secondary N) is 1.